The Labute approximate surface area is 125 Å². The number of anilines is 2. The summed E-state index contributed by atoms with van der Waals surface area (Å²) in [6.45, 7) is 3.38. The number of hydrogen-bond acceptors (Lipinski definition) is 4. The van der Waals surface area contributed by atoms with E-state index in [0.29, 0.717) is 0 Å². The first-order valence-corrected chi connectivity index (χ1v) is 7.10. The average Bonchev–Trinajstić information content (AvgIpc) is 2.42. The summed E-state index contributed by atoms with van der Waals surface area (Å²) in [7, 11) is 0. The number of nitrogens with one attached hydrogen (secondary N) is 2. The molecule has 0 saturated heterocycles. The fraction of sp³-hybridized carbons (Fsp3) is 0.294. The van der Waals surface area contributed by atoms with Crippen molar-refractivity contribution in [2.24, 2.45) is 0 Å². The van der Waals surface area contributed by atoms with Crippen molar-refractivity contribution in [3.05, 3.63) is 59.7 Å². The first kappa shape index (κ1) is 15.4. The monoisotopic (exact) mass is 286 g/mol. The van der Waals surface area contributed by atoms with Gasteiger partial charge in [-0.05, 0) is 55.7 Å². The molecule has 0 aliphatic heterocycles. The van der Waals surface area contributed by atoms with Crippen molar-refractivity contribution in [3.8, 4) is 0 Å². The zero-order valence-electron chi connectivity index (χ0n) is 12.4. The molecule has 21 heavy (non-hydrogen) atoms. The second-order valence-electron chi connectivity index (χ2n) is 5.21. The molecule has 0 amide bonds. The zero-order valence-corrected chi connectivity index (χ0v) is 12.4. The molecule has 2 aromatic carbocycles. The molecule has 0 heterocycles. The molecule has 0 aliphatic carbocycles. The Morgan fingerprint density at radius 1 is 0.714 bits per heavy atom. The van der Waals surface area contributed by atoms with Crippen molar-refractivity contribution < 1.29 is 10.2 Å². The first-order valence-electron chi connectivity index (χ1n) is 7.10. The summed E-state index contributed by atoms with van der Waals surface area (Å²) < 4.78 is 0. The second-order valence-corrected chi connectivity index (χ2v) is 5.21. The maximum atomic E-state index is 9.26. The highest BCUT2D eigenvalue weighted by molar-refractivity contribution is 5.47. The van der Waals surface area contributed by atoms with Crippen molar-refractivity contribution in [2.75, 3.05) is 10.6 Å². The molecule has 0 aliphatic rings. The smallest absolute Gasteiger partial charge is 0.121 e. The number of aliphatic hydroxyl groups is 2. The highest BCUT2D eigenvalue weighted by atomic mass is 16.3. The molecule has 4 heteroatoms. The Bertz CT molecular complexity index is 497. The molecule has 0 bridgehead atoms. The molecule has 112 valence electrons. The van der Waals surface area contributed by atoms with E-state index in [1.807, 2.05) is 48.5 Å². The molecular formula is C17H22N2O2. The third kappa shape index (κ3) is 5.10. The molecule has 0 unspecified atom stereocenters. The van der Waals surface area contributed by atoms with E-state index in [1.165, 1.54) is 11.1 Å². The summed E-state index contributed by atoms with van der Waals surface area (Å²) in [4.78, 5) is 0. The summed E-state index contributed by atoms with van der Waals surface area (Å²) in [6, 6.07) is 16.0. The van der Waals surface area contributed by atoms with Crippen LogP contribution in [-0.2, 0) is 6.42 Å². The van der Waals surface area contributed by atoms with Crippen molar-refractivity contribution in [1.82, 2.24) is 0 Å². The van der Waals surface area contributed by atoms with Crippen LogP contribution >= 0.6 is 0 Å². The number of rotatable bonds is 6. The topological polar surface area (TPSA) is 64.5 Å². The average molecular weight is 286 g/mol. The van der Waals surface area contributed by atoms with Crippen LogP contribution in [0, 0.1) is 0 Å². The van der Waals surface area contributed by atoms with Crippen LogP contribution in [0.15, 0.2) is 48.5 Å². The van der Waals surface area contributed by atoms with Gasteiger partial charge in [0.15, 0.2) is 0 Å². The highest BCUT2D eigenvalue weighted by Gasteiger charge is 2.00. The number of hydrogen-bond donors (Lipinski definition) is 4. The van der Waals surface area contributed by atoms with E-state index in [4.69, 9.17) is 0 Å². The highest BCUT2D eigenvalue weighted by Crippen LogP contribution is 2.16. The SMILES string of the molecule is C[C@H](O)Nc1ccc(Cc2ccc(N[C@@H](C)O)cc2)cc1. The molecular weight excluding hydrogens is 264 g/mol. The van der Waals surface area contributed by atoms with Gasteiger partial charge in [0.05, 0.1) is 0 Å². The van der Waals surface area contributed by atoms with Crippen LogP contribution in [0.5, 0.6) is 0 Å². The molecule has 2 aromatic rings. The third-order valence-electron chi connectivity index (χ3n) is 3.07. The van der Waals surface area contributed by atoms with E-state index in [2.05, 4.69) is 10.6 Å². The lowest BCUT2D eigenvalue weighted by Gasteiger charge is -2.11. The van der Waals surface area contributed by atoms with Gasteiger partial charge in [0.2, 0.25) is 0 Å². The lowest BCUT2D eigenvalue weighted by molar-refractivity contribution is 0.224. The maximum absolute atomic E-state index is 9.26. The van der Waals surface area contributed by atoms with Gasteiger partial charge in [-0.1, -0.05) is 24.3 Å². The van der Waals surface area contributed by atoms with E-state index in [0.717, 1.165) is 17.8 Å². The van der Waals surface area contributed by atoms with Crippen LogP contribution in [0.2, 0.25) is 0 Å². The molecule has 0 fully saturated rings. The molecule has 0 spiro atoms. The van der Waals surface area contributed by atoms with E-state index < -0.39 is 12.5 Å². The van der Waals surface area contributed by atoms with Gasteiger partial charge < -0.3 is 20.8 Å². The first-order chi connectivity index (χ1) is 10.0. The van der Waals surface area contributed by atoms with Gasteiger partial charge in [-0.25, -0.2) is 0 Å². The minimum absolute atomic E-state index is 0.551. The van der Waals surface area contributed by atoms with Crippen molar-refractivity contribution >= 4 is 11.4 Å². The quantitative estimate of drug-likeness (QED) is 0.617. The Hall–Kier alpha value is -2.04. The molecule has 2 atom stereocenters. The summed E-state index contributed by atoms with van der Waals surface area (Å²) in [5.74, 6) is 0. The van der Waals surface area contributed by atoms with Gasteiger partial charge in [-0.2, -0.15) is 0 Å². The maximum Gasteiger partial charge on any atom is 0.121 e. The van der Waals surface area contributed by atoms with Crippen LogP contribution in [0.1, 0.15) is 25.0 Å². The fourth-order valence-electron chi connectivity index (χ4n) is 2.16. The van der Waals surface area contributed by atoms with E-state index in [-0.39, 0.29) is 0 Å². The summed E-state index contributed by atoms with van der Waals surface area (Å²) in [5.41, 5.74) is 4.24. The van der Waals surface area contributed by atoms with Gasteiger partial charge in [0.25, 0.3) is 0 Å². The normalized spacial score (nSPS) is 13.5. The lowest BCUT2D eigenvalue weighted by atomic mass is 10.0. The summed E-state index contributed by atoms with van der Waals surface area (Å²) in [6.07, 6.45) is -0.251. The van der Waals surface area contributed by atoms with Crippen LogP contribution in [0.4, 0.5) is 11.4 Å². The predicted molar refractivity (Wildman–Crippen MR) is 86.3 cm³/mol. The van der Waals surface area contributed by atoms with Gasteiger partial charge >= 0.3 is 0 Å². The van der Waals surface area contributed by atoms with Crippen molar-refractivity contribution in [1.29, 1.82) is 0 Å². The Balaban J connectivity index is 1.97. The molecule has 4 N–H and O–H groups in total. The molecule has 0 aromatic heterocycles. The minimum Gasteiger partial charge on any atom is -0.374 e. The van der Waals surface area contributed by atoms with E-state index >= 15 is 0 Å². The summed E-state index contributed by atoms with van der Waals surface area (Å²) >= 11 is 0. The van der Waals surface area contributed by atoms with Crippen molar-refractivity contribution in [3.63, 3.8) is 0 Å². The largest absolute Gasteiger partial charge is 0.374 e. The van der Waals surface area contributed by atoms with Crippen LogP contribution in [-0.4, -0.2) is 22.7 Å². The molecule has 4 nitrogen and oxygen atoms in total. The lowest BCUT2D eigenvalue weighted by Crippen LogP contribution is -2.13. The van der Waals surface area contributed by atoms with Gasteiger partial charge in [0, 0.05) is 11.4 Å². The van der Waals surface area contributed by atoms with Crippen LogP contribution in [0.25, 0.3) is 0 Å². The molecule has 0 saturated carbocycles. The summed E-state index contributed by atoms with van der Waals surface area (Å²) in [5, 5.41) is 24.4. The fourth-order valence-corrected chi connectivity index (χ4v) is 2.16. The zero-order chi connectivity index (χ0) is 15.2. The third-order valence-corrected chi connectivity index (χ3v) is 3.07. The Morgan fingerprint density at radius 3 is 1.33 bits per heavy atom. The van der Waals surface area contributed by atoms with E-state index in [1.54, 1.807) is 13.8 Å². The number of benzene rings is 2. The van der Waals surface area contributed by atoms with Crippen LogP contribution < -0.4 is 10.6 Å². The van der Waals surface area contributed by atoms with Gasteiger partial charge in [-0.15, -0.1) is 0 Å². The van der Waals surface area contributed by atoms with Gasteiger partial charge in [0.1, 0.15) is 12.5 Å². The Kier molecular flexibility index (Phi) is 5.20. The van der Waals surface area contributed by atoms with Gasteiger partial charge in [-0.3, -0.25) is 0 Å². The second kappa shape index (κ2) is 7.11. The molecule has 2 rings (SSSR count). The molecule has 0 radical (unpaired) electrons. The van der Waals surface area contributed by atoms with Crippen LogP contribution in [0.3, 0.4) is 0 Å². The predicted octanol–water partition coefficient (Wildman–Crippen LogP) is 2.78. The standard InChI is InChI=1S/C17H22N2O2/c1-12(20)18-16-7-3-14(4-8-16)11-15-5-9-17(10-6-15)19-13(2)21/h3-10,12-13,18-21H,11H2,1-2H3/t12-,13+. The number of aliphatic hydroxyl groups excluding tert-OH is 2. The Morgan fingerprint density at radius 2 is 1.05 bits per heavy atom. The van der Waals surface area contributed by atoms with Crippen molar-refractivity contribution in [2.45, 2.75) is 32.7 Å². The minimum atomic E-state index is -0.551. The van der Waals surface area contributed by atoms with E-state index in [9.17, 15) is 10.2 Å².